The molecule has 2 N–H and O–H groups in total. The summed E-state index contributed by atoms with van der Waals surface area (Å²) in [6, 6.07) is 9.36. The zero-order valence-electron chi connectivity index (χ0n) is 22.0. The second kappa shape index (κ2) is 13.6. The number of thioether (sulfide) groups is 1. The Morgan fingerprint density at radius 2 is 1.83 bits per heavy atom. The lowest BCUT2D eigenvalue weighted by molar-refractivity contribution is 0.122. The lowest BCUT2D eigenvalue weighted by Crippen LogP contribution is -2.36. The summed E-state index contributed by atoms with van der Waals surface area (Å²) in [4.78, 5) is 15.8. The molecule has 1 fully saturated rings. The van der Waals surface area contributed by atoms with E-state index in [2.05, 4.69) is 24.9 Å². The number of hydrogen-bond donors (Lipinski definition) is 2. The number of anilines is 3. The van der Waals surface area contributed by atoms with Crippen molar-refractivity contribution in [3.8, 4) is 21.8 Å². The van der Waals surface area contributed by atoms with Crippen LogP contribution in [-0.2, 0) is 15.7 Å². The summed E-state index contributed by atoms with van der Waals surface area (Å²) in [5.41, 5.74) is 0.843. The summed E-state index contributed by atoms with van der Waals surface area (Å²) >= 11 is 3.14. The predicted molar refractivity (Wildman–Crippen MR) is 159 cm³/mol. The Morgan fingerprint density at radius 1 is 1.07 bits per heavy atom. The van der Waals surface area contributed by atoms with E-state index in [1.807, 2.05) is 6.26 Å². The van der Waals surface area contributed by atoms with Gasteiger partial charge < -0.3 is 15.0 Å². The van der Waals surface area contributed by atoms with Crippen molar-refractivity contribution in [3.63, 3.8) is 0 Å². The van der Waals surface area contributed by atoms with E-state index in [1.165, 1.54) is 23.5 Å². The molecule has 2 aromatic heterocycles. The molecule has 5 rings (SSSR count). The zero-order chi connectivity index (χ0) is 28.8. The van der Waals surface area contributed by atoms with Gasteiger partial charge in [-0.1, -0.05) is 23.5 Å². The van der Waals surface area contributed by atoms with E-state index in [1.54, 1.807) is 36.2 Å². The highest BCUT2D eigenvalue weighted by Crippen LogP contribution is 2.42. The summed E-state index contributed by atoms with van der Waals surface area (Å²) < 4.78 is 65.1. The van der Waals surface area contributed by atoms with Crippen LogP contribution in [0.25, 0.3) is 21.8 Å². The lowest BCUT2D eigenvalue weighted by atomic mass is 10.1. The van der Waals surface area contributed by atoms with E-state index in [0.29, 0.717) is 60.2 Å². The number of halogens is 3. The molecule has 216 valence electrons. The van der Waals surface area contributed by atoms with Gasteiger partial charge in [-0.2, -0.15) is 11.8 Å². The Morgan fingerprint density at radius 3 is 2.59 bits per heavy atom. The Hall–Kier alpha value is -3.20. The van der Waals surface area contributed by atoms with E-state index in [9.17, 15) is 13.0 Å². The number of ether oxygens (including phenoxy) is 1. The maximum absolute atomic E-state index is 16.0. The third-order valence-corrected chi connectivity index (χ3v) is 9.16. The van der Waals surface area contributed by atoms with Crippen LogP contribution in [0, 0.1) is 17.5 Å². The minimum atomic E-state index is -2.39. The molecule has 1 aliphatic heterocycles. The maximum Gasteiger partial charge on any atom is 0.223 e. The summed E-state index contributed by atoms with van der Waals surface area (Å²) in [5, 5.41) is 3.91. The first-order valence-electron chi connectivity index (χ1n) is 12.8. The van der Waals surface area contributed by atoms with Crippen molar-refractivity contribution in [2.24, 2.45) is 0 Å². The van der Waals surface area contributed by atoms with Crippen LogP contribution >= 0.6 is 23.1 Å². The highest BCUT2D eigenvalue weighted by Gasteiger charge is 2.25. The van der Waals surface area contributed by atoms with Crippen molar-refractivity contribution >= 4 is 50.9 Å². The lowest BCUT2D eigenvalue weighted by Gasteiger charge is -2.26. The Balaban J connectivity index is 1.52. The third-order valence-electron chi connectivity index (χ3n) is 6.15. The molecular formula is C27H27F3N6O2S3. The second-order valence-corrected chi connectivity index (χ2v) is 12.0. The van der Waals surface area contributed by atoms with Gasteiger partial charge in [0, 0.05) is 31.4 Å². The monoisotopic (exact) mass is 620 g/mol. The van der Waals surface area contributed by atoms with Crippen LogP contribution in [0.2, 0.25) is 0 Å². The molecule has 4 aromatic rings. The highest BCUT2D eigenvalue weighted by atomic mass is 32.2. The molecule has 1 atom stereocenters. The average Bonchev–Trinajstić information content (AvgIpc) is 3.42. The van der Waals surface area contributed by atoms with Crippen molar-refractivity contribution in [2.45, 2.75) is 11.3 Å². The van der Waals surface area contributed by atoms with Gasteiger partial charge >= 0.3 is 0 Å². The molecular weight excluding hydrogens is 594 g/mol. The van der Waals surface area contributed by atoms with E-state index >= 15 is 4.39 Å². The first-order valence-corrected chi connectivity index (χ1v) is 16.1. The molecule has 0 bridgehead atoms. The molecule has 41 heavy (non-hydrogen) atoms. The Labute approximate surface area is 246 Å². The van der Waals surface area contributed by atoms with E-state index < -0.39 is 33.3 Å². The van der Waals surface area contributed by atoms with Crippen LogP contribution in [0.1, 0.15) is 6.42 Å². The molecule has 0 radical (unpaired) electrons. The third kappa shape index (κ3) is 6.83. The maximum atomic E-state index is 16.0. The molecule has 1 unspecified atom stereocenters. The van der Waals surface area contributed by atoms with Gasteiger partial charge in [-0.25, -0.2) is 32.3 Å². The SMILES string of the molecule is CSCCCNc1nccc(-c2sc(N3CCOCC3)nc2-c2cccc(NS(=O)c3c(F)cccc3F)c2F)n1. The molecule has 8 nitrogen and oxygen atoms in total. The number of benzene rings is 2. The summed E-state index contributed by atoms with van der Waals surface area (Å²) in [5.74, 6) is -1.29. The average molecular weight is 621 g/mol. The van der Waals surface area contributed by atoms with Gasteiger partial charge in [-0.3, -0.25) is 4.72 Å². The van der Waals surface area contributed by atoms with E-state index in [-0.39, 0.29) is 11.3 Å². The van der Waals surface area contributed by atoms with E-state index in [0.717, 1.165) is 24.3 Å². The molecule has 1 aliphatic rings. The number of nitrogens with zero attached hydrogens (tertiary/aromatic N) is 4. The topological polar surface area (TPSA) is 92.3 Å². The smallest absolute Gasteiger partial charge is 0.223 e. The number of morpholine rings is 1. The molecule has 1 saturated heterocycles. The van der Waals surface area contributed by atoms with Crippen molar-refractivity contribution in [3.05, 3.63) is 66.1 Å². The summed E-state index contributed by atoms with van der Waals surface area (Å²) in [7, 11) is -2.39. The largest absolute Gasteiger partial charge is 0.378 e. The predicted octanol–water partition coefficient (Wildman–Crippen LogP) is 5.82. The van der Waals surface area contributed by atoms with Crippen molar-refractivity contribution in [2.75, 3.05) is 59.8 Å². The minimum Gasteiger partial charge on any atom is -0.378 e. The molecule has 2 aromatic carbocycles. The minimum absolute atomic E-state index is 0.125. The molecule has 0 spiro atoms. The molecule has 0 saturated carbocycles. The van der Waals surface area contributed by atoms with Gasteiger partial charge in [0.05, 0.1) is 35.2 Å². The van der Waals surface area contributed by atoms with Crippen LogP contribution in [-0.4, -0.2) is 64.0 Å². The molecule has 3 heterocycles. The highest BCUT2D eigenvalue weighted by molar-refractivity contribution is 7.98. The fraction of sp³-hybridized carbons (Fsp3) is 0.296. The molecule has 14 heteroatoms. The van der Waals surface area contributed by atoms with Gasteiger partial charge in [-0.15, -0.1) is 0 Å². The van der Waals surface area contributed by atoms with Gasteiger partial charge in [0.15, 0.2) is 21.9 Å². The number of nitrogens with one attached hydrogen (secondary N) is 2. The number of aromatic nitrogens is 3. The molecule has 0 amide bonds. The second-order valence-electron chi connectivity index (χ2n) is 8.90. The van der Waals surface area contributed by atoms with Crippen LogP contribution < -0.4 is 14.9 Å². The standard InChI is InChI=1S/C27H27F3N6O2S3/c1-39-16-4-10-31-26-32-11-9-21(33-26)24-23(34-27(40-24)36-12-14-38-15-13-36)17-5-2-8-20(22(17)30)35-41(37)25-18(28)6-3-7-19(25)29/h2-3,5-9,11,35H,4,10,12-16H2,1H3,(H,31,32,33). The number of hydrogen-bond acceptors (Lipinski definition) is 9. The van der Waals surface area contributed by atoms with Crippen LogP contribution in [0.15, 0.2) is 53.6 Å². The summed E-state index contributed by atoms with van der Waals surface area (Å²) in [6.45, 7) is 3.08. The first kappa shape index (κ1) is 29.3. The normalized spacial score (nSPS) is 14.2. The quantitative estimate of drug-likeness (QED) is 0.203. The fourth-order valence-electron chi connectivity index (χ4n) is 4.15. The van der Waals surface area contributed by atoms with Crippen LogP contribution in [0.5, 0.6) is 0 Å². The first-order chi connectivity index (χ1) is 20.0. The van der Waals surface area contributed by atoms with Gasteiger partial charge in [0.2, 0.25) is 5.95 Å². The van der Waals surface area contributed by atoms with Crippen LogP contribution in [0.3, 0.4) is 0 Å². The Bertz CT molecular complexity index is 1510. The zero-order valence-corrected chi connectivity index (χ0v) is 24.5. The van der Waals surface area contributed by atoms with Gasteiger partial charge in [0.1, 0.15) is 16.5 Å². The van der Waals surface area contributed by atoms with Crippen LogP contribution in [0.4, 0.5) is 29.9 Å². The number of rotatable bonds is 11. The number of thiazole rings is 1. The van der Waals surface area contributed by atoms with Crippen molar-refractivity contribution in [1.29, 1.82) is 0 Å². The fourth-order valence-corrected chi connectivity index (χ4v) is 6.63. The Kier molecular flexibility index (Phi) is 9.75. The van der Waals surface area contributed by atoms with E-state index in [4.69, 9.17) is 9.72 Å². The van der Waals surface area contributed by atoms with Crippen molar-refractivity contribution in [1.82, 2.24) is 15.0 Å². The van der Waals surface area contributed by atoms with Gasteiger partial charge in [-0.05, 0) is 48.8 Å². The van der Waals surface area contributed by atoms with Crippen molar-refractivity contribution < 1.29 is 22.1 Å². The summed E-state index contributed by atoms with van der Waals surface area (Å²) in [6.07, 6.45) is 4.64. The van der Waals surface area contributed by atoms with Gasteiger partial charge in [0.25, 0.3) is 0 Å². The molecule has 0 aliphatic carbocycles.